The summed E-state index contributed by atoms with van der Waals surface area (Å²) in [5, 5.41) is 7.34. The zero-order valence-electron chi connectivity index (χ0n) is 18.9. The van der Waals surface area contributed by atoms with Crippen LogP contribution < -0.4 is 20.1 Å². The number of anilines is 2. The molecule has 2 bridgehead atoms. The third kappa shape index (κ3) is 4.60. The van der Waals surface area contributed by atoms with Crippen LogP contribution in [0.1, 0.15) is 24.5 Å². The van der Waals surface area contributed by atoms with Crippen molar-refractivity contribution in [2.45, 2.75) is 32.9 Å². The lowest BCUT2D eigenvalue weighted by Gasteiger charge is -2.25. The maximum absolute atomic E-state index is 12.6. The van der Waals surface area contributed by atoms with Crippen LogP contribution in [-0.2, 0) is 11.3 Å². The molecule has 8 nitrogen and oxygen atoms in total. The molecule has 1 amide bonds. The van der Waals surface area contributed by atoms with E-state index in [4.69, 9.17) is 9.47 Å². The van der Waals surface area contributed by atoms with Gasteiger partial charge < -0.3 is 20.1 Å². The number of ether oxygens (including phenoxy) is 2. The van der Waals surface area contributed by atoms with Crippen LogP contribution >= 0.6 is 0 Å². The Labute approximate surface area is 188 Å². The van der Waals surface area contributed by atoms with Crippen molar-refractivity contribution in [3.63, 3.8) is 0 Å². The molecule has 1 atom stereocenters. The van der Waals surface area contributed by atoms with Gasteiger partial charge in [0, 0.05) is 30.2 Å². The van der Waals surface area contributed by atoms with Gasteiger partial charge in [-0.2, -0.15) is 0 Å². The first kappa shape index (κ1) is 21.8. The molecule has 2 aromatic carbocycles. The number of nitrogens with zero attached hydrogens (tertiary/aromatic N) is 3. The molecular formula is C24H29N5O3. The third-order valence-corrected chi connectivity index (χ3v) is 5.78. The summed E-state index contributed by atoms with van der Waals surface area (Å²) in [5.41, 5.74) is 3.90. The van der Waals surface area contributed by atoms with Crippen LogP contribution in [0.15, 0.2) is 36.7 Å². The summed E-state index contributed by atoms with van der Waals surface area (Å²) in [7, 11) is 3.57. The molecular weight excluding hydrogens is 406 g/mol. The minimum Gasteiger partial charge on any atom is -0.493 e. The Morgan fingerprint density at radius 3 is 2.88 bits per heavy atom. The fourth-order valence-electron chi connectivity index (χ4n) is 3.73. The number of carbonyl (C=O) groups is 1. The molecule has 0 spiro atoms. The number of nitrogens with one attached hydrogen (secondary N) is 2. The van der Waals surface area contributed by atoms with Gasteiger partial charge in [0.05, 0.1) is 25.3 Å². The van der Waals surface area contributed by atoms with Crippen LogP contribution in [0.4, 0.5) is 11.5 Å². The second kappa shape index (κ2) is 9.40. The van der Waals surface area contributed by atoms with E-state index in [2.05, 4.69) is 45.7 Å². The maximum Gasteiger partial charge on any atom is 0.237 e. The summed E-state index contributed by atoms with van der Waals surface area (Å²) in [6, 6.07) is 9.75. The van der Waals surface area contributed by atoms with Crippen LogP contribution in [0.2, 0.25) is 0 Å². The standard InChI is InChI=1S/C24H29N5O3/c1-15-6-7-17-13-29(3)16(2)24(30)25-8-5-9-32-22-11-18-20(12-21(22)31-4)26-14-27-23(18)28-19(17)10-15/h6-7,10-12,14,16H,5,8-9,13H2,1-4H3,(H,25,30)(H,26,27,28)/t16-/m0/s1. The number of amides is 1. The van der Waals surface area contributed by atoms with Gasteiger partial charge in [-0.15, -0.1) is 0 Å². The number of rotatable bonds is 1. The minimum atomic E-state index is -0.267. The highest BCUT2D eigenvalue weighted by Gasteiger charge is 2.20. The number of hydrogen-bond acceptors (Lipinski definition) is 7. The van der Waals surface area contributed by atoms with E-state index in [9.17, 15) is 4.79 Å². The van der Waals surface area contributed by atoms with E-state index in [-0.39, 0.29) is 11.9 Å². The molecule has 0 unspecified atom stereocenters. The number of hydrogen-bond donors (Lipinski definition) is 2. The number of likely N-dealkylation sites (N-methyl/N-ethyl adjacent to an activating group) is 1. The molecule has 3 aromatic rings. The van der Waals surface area contributed by atoms with E-state index < -0.39 is 0 Å². The molecule has 2 N–H and O–H groups in total. The second-order valence-electron chi connectivity index (χ2n) is 8.11. The van der Waals surface area contributed by atoms with E-state index in [1.54, 1.807) is 7.11 Å². The van der Waals surface area contributed by atoms with Crippen LogP contribution in [0.5, 0.6) is 11.5 Å². The highest BCUT2D eigenvalue weighted by Crippen LogP contribution is 2.35. The van der Waals surface area contributed by atoms with E-state index in [1.807, 2.05) is 31.0 Å². The van der Waals surface area contributed by atoms with Gasteiger partial charge in [0.1, 0.15) is 12.1 Å². The molecule has 0 saturated carbocycles. The maximum atomic E-state index is 12.6. The van der Waals surface area contributed by atoms with E-state index in [0.717, 1.165) is 27.7 Å². The first-order valence-corrected chi connectivity index (χ1v) is 10.8. The quantitative estimate of drug-likeness (QED) is 0.606. The Bertz CT molecular complexity index is 1130. The average molecular weight is 436 g/mol. The molecule has 1 aliphatic rings. The van der Waals surface area contributed by atoms with Crippen molar-refractivity contribution < 1.29 is 14.3 Å². The number of fused-ring (bicyclic) bond motifs is 2. The fourth-order valence-corrected chi connectivity index (χ4v) is 3.73. The number of aryl methyl sites for hydroxylation is 1. The van der Waals surface area contributed by atoms with Crippen molar-refractivity contribution in [1.82, 2.24) is 20.2 Å². The number of carbonyl (C=O) groups excluding carboxylic acids is 1. The Balaban J connectivity index is 1.81. The topological polar surface area (TPSA) is 88.6 Å². The molecule has 0 aliphatic carbocycles. The smallest absolute Gasteiger partial charge is 0.237 e. The summed E-state index contributed by atoms with van der Waals surface area (Å²) in [6.07, 6.45) is 2.22. The lowest BCUT2D eigenvalue weighted by atomic mass is 10.1. The first-order valence-electron chi connectivity index (χ1n) is 10.8. The van der Waals surface area contributed by atoms with Gasteiger partial charge >= 0.3 is 0 Å². The number of aromatic nitrogens is 2. The lowest BCUT2D eigenvalue weighted by Crippen LogP contribution is -2.43. The number of benzene rings is 2. The summed E-state index contributed by atoms with van der Waals surface area (Å²) < 4.78 is 11.5. The van der Waals surface area contributed by atoms with Crippen LogP contribution in [-0.4, -0.2) is 54.1 Å². The fraction of sp³-hybridized carbons (Fsp3) is 0.375. The Morgan fingerprint density at radius 2 is 2.06 bits per heavy atom. The summed E-state index contributed by atoms with van der Waals surface area (Å²) >= 11 is 0. The van der Waals surface area contributed by atoms with Gasteiger partial charge in [0.15, 0.2) is 11.5 Å². The van der Waals surface area contributed by atoms with Crippen LogP contribution in [0.25, 0.3) is 10.9 Å². The zero-order chi connectivity index (χ0) is 22.7. The van der Waals surface area contributed by atoms with E-state index in [0.29, 0.717) is 43.4 Å². The monoisotopic (exact) mass is 435 g/mol. The molecule has 4 rings (SSSR count). The van der Waals surface area contributed by atoms with Gasteiger partial charge in [0.2, 0.25) is 5.91 Å². The Kier molecular flexibility index (Phi) is 6.41. The molecule has 0 radical (unpaired) electrons. The van der Waals surface area contributed by atoms with Crippen LogP contribution in [0, 0.1) is 6.92 Å². The summed E-state index contributed by atoms with van der Waals surface area (Å²) in [5.74, 6) is 1.92. The summed E-state index contributed by atoms with van der Waals surface area (Å²) in [6.45, 7) is 5.57. The Morgan fingerprint density at radius 1 is 1.22 bits per heavy atom. The molecule has 32 heavy (non-hydrogen) atoms. The van der Waals surface area contributed by atoms with E-state index in [1.165, 1.54) is 6.33 Å². The van der Waals surface area contributed by atoms with Crippen molar-refractivity contribution in [3.8, 4) is 11.5 Å². The molecule has 0 saturated heterocycles. The van der Waals surface area contributed by atoms with Gasteiger partial charge in [-0.25, -0.2) is 9.97 Å². The minimum absolute atomic E-state index is 0.00157. The van der Waals surface area contributed by atoms with E-state index >= 15 is 0 Å². The van der Waals surface area contributed by atoms with Gasteiger partial charge in [0.25, 0.3) is 0 Å². The molecule has 1 aromatic heterocycles. The molecule has 168 valence electrons. The summed E-state index contributed by atoms with van der Waals surface area (Å²) in [4.78, 5) is 23.6. The van der Waals surface area contributed by atoms with Gasteiger partial charge in [-0.1, -0.05) is 12.1 Å². The molecule has 1 aliphatic heterocycles. The predicted molar refractivity (Wildman–Crippen MR) is 125 cm³/mol. The Hall–Kier alpha value is -3.39. The van der Waals surface area contributed by atoms with Crippen LogP contribution in [0.3, 0.4) is 0 Å². The SMILES string of the molecule is COc1cc2ncnc3c2cc1OCCCNC(=O)[C@H](C)N(C)Cc1ccc(C)cc1N3. The average Bonchev–Trinajstić information content (AvgIpc) is 2.79. The van der Waals surface area contributed by atoms with Gasteiger partial charge in [-0.3, -0.25) is 9.69 Å². The molecule has 0 fully saturated rings. The van der Waals surface area contributed by atoms with Crippen molar-refractivity contribution in [2.24, 2.45) is 0 Å². The third-order valence-electron chi connectivity index (χ3n) is 5.78. The highest BCUT2D eigenvalue weighted by atomic mass is 16.5. The van der Waals surface area contributed by atoms with Crippen molar-refractivity contribution in [2.75, 3.05) is 32.6 Å². The zero-order valence-corrected chi connectivity index (χ0v) is 18.9. The number of methoxy groups -OCH3 is 1. The predicted octanol–water partition coefficient (Wildman–Crippen LogP) is 3.41. The van der Waals surface area contributed by atoms with Crippen molar-refractivity contribution >= 4 is 28.3 Å². The van der Waals surface area contributed by atoms with Crippen molar-refractivity contribution in [1.29, 1.82) is 0 Å². The molecule has 2 heterocycles. The largest absolute Gasteiger partial charge is 0.493 e. The van der Waals surface area contributed by atoms with Gasteiger partial charge in [-0.05, 0) is 50.6 Å². The normalized spacial score (nSPS) is 17.9. The first-order chi connectivity index (χ1) is 15.5. The molecule has 8 heteroatoms. The highest BCUT2D eigenvalue weighted by molar-refractivity contribution is 5.93. The second-order valence-corrected chi connectivity index (χ2v) is 8.11. The van der Waals surface area contributed by atoms with Crippen molar-refractivity contribution in [3.05, 3.63) is 47.8 Å². The lowest BCUT2D eigenvalue weighted by molar-refractivity contribution is -0.125.